The largest absolute Gasteiger partial charge is 0.463 e. The van der Waals surface area contributed by atoms with Crippen LogP contribution in [0.15, 0.2) is 35.2 Å². The third-order valence-corrected chi connectivity index (χ3v) is 2.99. The Hall–Kier alpha value is -1.40. The normalized spacial score (nSPS) is 11.1. The average Bonchev–Trinajstić information content (AvgIpc) is 2.26. The van der Waals surface area contributed by atoms with Crippen LogP contribution in [-0.4, -0.2) is 27.6 Å². The van der Waals surface area contributed by atoms with Gasteiger partial charge in [-0.15, -0.1) is 0 Å². The van der Waals surface area contributed by atoms with Crippen molar-refractivity contribution in [3.63, 3.8) is 0 Å². The van der Waals surface area contributed by atoms with Gasteiger partial charge in [0.1, 0.15) is 13.2 Å². The quantitative estimate of drug-likeness (QED) is 0.438. The van der Waals surface area contributed by atoms with E-state index in [1.807, 2.05) is 0 Å². The van der Waals surface area contributed by atoms with Crippen molar-refractivity contribution in [3.8, 4) is 0 Å². The molecule has 0 fully saturated rings. The predicted octanol–water partition coefficient (Wildman–Crippen LogP) is 0.955. The Bertz CT molecular complexity index is 438. The van der Waals surface area contributed by atoms with E-state index in [4.69, 9.17) is 0 Å². The number of carbonyl (C=O) groups is 1. The first-order chi connectivity index (χ1) is 7.52. The molecule has 1 aromatic rings. The summed E-state index contributed by atoms with van der Waals surface area (Å²) in [6.45, 7) is 0.976. The highest BCUT2D eigenvalue weighted by molar-refractivity contribution is 7.86. The number of benzene rings is 1. The van der Waals surface area contributed by atoms with Crippen molar-refractivity contribution in [2.75, 3.05) is 13.2 Å². The van der Waals surface area contributed by atoms with Crippen LogP contribution in [0.25, 0.3) is 0 Å². The van der Waals surface area contributed by atoms with Gasteiger partial charge in [-0.3, -0.25) is 8.98 Å². The van der Waals surface area contributed by atoms with Crippen molar-refractivity contribution >= 4 is 16.1 Å². The minimum atomic E-state index is -3.75. The van der Waals surface area contributed by atoms with E-state index in [1.54, 1.807) is 18.2 Å². The second-order valence-electron chi connectivity index (χ2n) is 2.93. The van der Waals surface area contributed by atoms with Gasteiger partial charge >= 0.3 is 5.97 Å². The molecule has 0 radical (unpaired) electrons. The van der Waals surface area contributed by atoms with E-state index in [-0.39, 0.29) is 18.1 Å². The zero-order valence-electron chi connectivity index (χ0n) is 8.75. The fraction of sp³-hybridized carbons (Fsp3) is 0.300. The van der Waals surface area contributed by atoms with Gasteiger partial charge in [0, 0.05) is 6.92 Å². The highest BCUT2D eigenvalue weighted by Gasteiger charge is 2.13. The van der Waals surface area contributed by atoms with Crippen molar-refractivity contribution in [2.45, 2.75) is 11.8 Å². The number of rotatable bonds is 5. The zero-order chi connectivity index (χ0) is 12.0. The molecule has 1 rings (SSSR count). The lowest BCUT2D eigenvalue weighted by Crippen LogP contribution is -2.13. The van der Waals surface area contributed by atoms with Gasteiger partial charge in [0.25, 0.3) is 10.1 Å². The SMILES string of the molecule is CC(=O)OCCOS(=O)(=O)c1ccccc1. The molecule has 88 valence electrons. The molecule has 0 aliphatic heterocycles. The number of ether oxygens (including phenoxy) is 1. The van der Waals surface area contributed by atoms with Gasteiger partial charge in [0.15, 0.2) is 0 Å². The molecule has 0 aromatic heterocycles. The zero-order valence-corrected chi connectivity index (χ0v) is 9.57. The minimum Gasteiger partial charge on any atom is -0.463 e. The van der Waals surface area contributed by atoms with Gasteiger partial charge in [-0.05, 0) is 12.1 Å². The Kier molecular flexibility index (Phi) is 4.45. The van der Waals surface area contributed by atoms with Gasteiger partial charge in [-0.2, -0.15) is 8.42 Å². The molecule has 0 N–H and O–H groups in total. The molecule has 0 bridgehead atoms. The maximum atomic E-state index is 11.5. The Morgan fingerprint density at radius 3 is 2.38 bits per heavy atom. The Morgan fingerprint density at radius 1 is 1.19 bits per heavy atom. The fourth-order valence-electron chi connectivity index (χ4n) is 0.984. The smallest absolute Gasteiger partial charge is 0.302 e. The van der Waals surface area contributed by atoms with Crippen LogP contribution >= 0.6 is 0 Å². The van der Waals surface area contributed by atoms with Crippen LogP contribution in [0.1, 0.15) is 6.92 Å². The molecule has 0 amide bonds. The number of carbonyl (C=O) groups excluding carboxylic acids is 1. The van der Waals surface area contributed by atoms with Crippen LogP contribution < -0.4 is 0 Å². The van der Waals surface area contributed by atoms with Crippen molar-refractivity contribution in [1.82, 2.24) is 0 Å². The summed E-state index contributed by atoms with van der Waals surface area (Å²) in [6.07, 6.45) is 0. The summed E-state index contributed by atoms with van der Waals surface area (Å²) < 4.78 is 32.2. The highest BCUT2D eigenvalue weighted by atomic mass is 32.2. The Balaban J connectivity index is 2.51. The number of hydrogen-bond donors (Lipinski definition) is 0. The molecule has 5 nitrogen and oxygen atoms in total. The van der Waals surface area contributed by atoms with Gasteiger partial charge in [-0.1, -0.05) is 18.2 Å². The summed E-state index contributed by atoms with van der Waals surface area (Å²) in [5.74, 6) is -0.472. The summed E-state index contributed by atoms with van der Waals surface area (Å²) in [5.41, 5.74) is 0. The van der Waals surface area contributed by atoms with Crippen LogP contribution in [0.4, 0.5) is 0 Å². The van der Waals surface area contributed by atoms with E-state index in [0.717, 1.165) is 0 Å². The van der Waals surface area contributed by atoms with Gasteiger partial charge < -0.3 is 4.74 Å². The summed E-state index contributed by atoms with van der Waals surface area (Å²) in [5, 5.41) is 0. The molecule has 0 aliphatic carbocycles. The van der Waals surface area contributed by atoms with Crippen LogP contribution in [0.5, 0.6) is 0 Å². The Morgan fingerprint density at radius 2 is 1.81 bits per heavy atom. The molecule has 0 spiro atoms. The van der Waals surface area contributed by atoms with E-state index in [2.05, 4.69) is 8.92 Å². The van der Waals surface area contributed by atoms with E-state index in [9.17, 15) is 13.2 Å². The highest BCUT2D eigenvalue weighted by Crippen LogP contribution is 2.10. The van der Waals surface area contributed by atoms with Crippen molar-refractivity contribution in [3.05, 3.63) is 30.3 Å². The molecule has 6 heteroatoms. The van der Waals surface area contributed by atoms with Gasteiger partial charge in [0.05, 0.1) is 4.90 Å². The summed E-state index contributed by atoms with van der Waals surface area (Å²) in [4.78, 5) is 10.5. The van der Waals surface area contributed by atoms with Gasteiger partial charge in [0.2, 0.25) is 0 Å². The van der Waals surface area contributed by atoms with E-state index < -0.39 is 16.1 Å². The van der Waals surface area contributed by atoms with Crippen LogP contribution in [-0.2, 0) is 23.8 Å². The van der Waals surface area contributed by atoms with Crippen molar-refractivity contribution in [1.29, 1.82) is 0 Å². The number of esters is 1. The Labute approximate surface area is 94.1 Å². The summed E-state index contributed by atoms with van der Waals surface area (Å²) >= 11 is 0. The molecule has 0 heterocycles. The lowest BCUT2D eigenvalue weighted by molar-refractivity contribution is -0.141. The van der Waals surface area contributed by atoms with E-state index in [1.165, 1.54) is 19.1 Å². The first-order valence-electron chi connectivity index (χ1n) is 4.60. The molecule has 0 unspecified atom stereocenters. The van der Waals surface area contributed by atoms with Crippen LogP contribution in [0.2, 0.25) is 0 Å². The minimum absolute atomic E-state index is 0.0813. The maximum Gasteiger partial charge on any atom is 0.302 e. The topological polar surface area (TPSA) is 69.7 Å². The maximum absolute atomic E-state index is 11.5. The monoisotopic (exact) mass is 244 g/mol. The third kappa shape index (κ3) is 4.00. The van der Waals surface area contributed by atoms with E-state index in [0.29, 0.717) is 0 Å². The first-order valence-corrected chi connectivity index (χ1v) is 6.01. The molecule has 1 aromatic carbocycles. The lowest BCUT2D eigenvalue weighted by atomic mass is 10.4. The number of hydrogen-bond acceptors (Lipinski definition) is 5. The van der Waals surface area contributed by atoms with Crippen molar-refractivity contribution < 1.29 is 22.1 Å². The van der Waals surface area contributed by atoms with Crippen LogP contribution in [0.3, 0.4) is 0 Å². The molecule has 0 aliphatic rings. The molecule has 0 saturated carbocycles. The fourth-order valence-corrected chi connectivity index (χ4v) is 1.90. The molecular weight excluding hydrogens is 232 g/mol. The molecule has 0 saturated heterocycles. The lowest BCUT2D eigenvalue weighted by Gasteiger charge is -2.05. The van der Waals surface area contributed by atoms with Crippen molar-refractivity contribution in [2.24, 2.45) is 0 Å². The standard InChI is InChI=1S/C10H12O5S/c1-9(11)14-7-8-15-16(12,13)10-5-3-2-4-6-10/h2-6H,7-8H2,1H3. The third-order valence-electron chi connectivity index (χ3n) is 1.66. The summed E-state index contributed by atoms with van der Waals surface area (Å²) in [6, 6.07) is 7.77. The van der Waals surface area contributed by atoms with E-state index >= 15 is 0 Å². The molecular formula is C10H12O5S. The summed E-state index contributed by atoms with van der Waals surface area (Å²) in [7, 11) is -3.75. The molecule has 16 heavy (non-hydrogen) atoms. The van der Waals surface area contributed by atoms with Gasteiger partial charge in [-0.25, -0.2) is 0 Å². The first kappa shape index (κ1) is 12.7. The predicted molar refractivity (Wildman–Crippen MR) is 56.2 cm³/mol. The molecule has 0 atom stereocenters. The second kappa shape index (κ2) is 5.62. The second-order valence-corrected chi connectivity index (χ2v) is 4.54. The van der Waals surface area contributed by atoms with Crippen LogP contribution in [0, 0.1) is 0 Å². The average molecular weight is 244 g/mol.